The molecule has 14 heteroatoms. The molecule has 0 aliphatic carbocycles. The van der Waals surface area contributed by atoms with Gasteiger partial charge in [0.1, 0.15) is 17.7 Å². The fraction of sp³-hybridized carbons (Fsp3) is 0.212. The lowest BCUT2D eigenvalue weighted by atomic mass is 10.00. The first-order valence-electron chi connectivity index (χ1n) is 14.5. The van der Waals surface area contributed by atoms with Crippen LogP contribution in [0.15, 0.2) is 85.1 Å². The van der Waals surface area contributed by atoms with Crippen molar-refractivity contribution in [1.29, 1.82) is 0 Å². The van der Waals surface area contributed by atoms with Crippen molar-refractivity contribution in [3.63, 3.8) is 0 Å². The number of pyridine rings is 1. The van der Waals surface area contributed by atoms with Gasteiger partial charge in [-0.1, -0.05) is 24.3 Å². The van der Waals surface area contributed by atoms with Crippen LogP contribution in [-0.2, 0) is 4.79 Å². The van der Waals surface area contributed by atoms with E-state index in [0.29, 0.717) is 16.9 Å². The number of amides is 2. The van der Waals surface area contributed by atoms with Crippen LogP contribution in [0.25, 0.3) is 16.8 Å². The zero-order valence-electron chi connectivity index (χ0n) is 24.8. The van der Waals surface area contributed by atoms with Crippen molar-refractivity contribution in [2.75, 3.05) is 30.3 Å². The van der Waals surface area contributed by atoms with Crippen LogP contribution in [0.1, 0.15) is 28.8 Å². The van der Waals surface area contributed by atoms with Gasteiger partial charge in [0.15, 0.2) is 12.3 Å². The minimum absolute atomic E-state index is 0.0557. The van der Waals surface area contributed by atoms with E-state index in [1.807, 2.05) is 18.2 Å². The standard InChI is InChI=1S/C33H27F5N6O3/c1-19(20-2-8-24(34)9-3-20)30(45)39-26-10-4-21(5-11-26)23-7-13-29-41-32(42-44(29)15-23)40-27-12-6-22(31(46)43-16-25(35)17-43)14-28(27)47-18-33(36,37)38/h2-15,19,25H,16-18H2,1H3,(H,39,45)(H,40,42)/t19-/m1/s1. The molecule has 6 rings (SSSR count). The number of rotatable bonds is 9. The quantitative estimate of drug-likeness (QED) is 0.171. The summed E-state index contributed by atoms with van der Waals surface area (Å²) in [6.07, 6.45) is -4.04. The number of anilines is 3. The largest absolute Gasteiger partial charge is 0.482 e. The number of nitrogens with one attached hydrogen (secondary N) is 2. The molecule has 2 amide bonds. The second-order valence-electron chi connectivity index (χ2n) is 11.0. The Hall–Kier alpha value is -5.53. The monoisotopic (exact) mass is 650 g/mol. The highest BCUT2D eigenvalue weighted by Gasteiger charge is 2.32. The molecular weight excluding hydrogens is 623 g/mol. The van der Waals surface area contributed by atoms with Gasteiger partial charge in [-0.3, -0.25) is 9.59 Å². The van der Waals surface area contributed by atoms with Crippen molar-refractivity contribution in [3.8, 4) is 16.9 Å². The fourth-order valence-corrected chi connectivity index (χ4v) is 4.94. The molecule has 1 aliphatic rings. The Labute approximate surface area is 265 Å². The van der Waals surface area contributed by atoms with Crippen LogP contribution in [0, 0.1) is 5.82 Å². The molecule has 0 spiro atoms. The SMILES string of the molecule is C[C@@H](C(=O)Nc1ccc(-c2ccc3nc(Nc4ccc(C(=O)N5CC(F)C5)cc4OCC(F)(F)F)nn3c2)cc1)c1ccc(F)cc1. The average molecular weight is 651 g/mol. The predicted molar refractivity (Wildman–Crippen MR) is 164 cm³/mol. The Kier molecular flexibility index (Phi) is 8.50. The van der Waals surface area contributed by atoms with Crippen molar-refractivity contribution in [2.24, 2.45) is 0 Å². The molecule has 2 aromatic heterocycles. The number of fused-ring (bicyclic) bond motifs is 1. The smallest absolute Gasteiger partial charge is 0.422 e. The summed E-state index contributed by atoms with van der Waals surface area (Å²) in [6, 6.07) is 20.4. The maximum absolute atomic E-state index is 13.2. The maximum atomic E-state index is 13.2. The molecule has 0 radical (unpaired) electrons. The first-order chi connectivity index (χ1) is 22.4. The van der Waals surface area contributed by atoms with Crippen LogP contribution in [0.5, 0.6) is 5.75 Å². The number of alkyl halides is 4. The number of ether oxygens (including phenoxy) is 1. The summed E-state index contributed by atoms with van der Waals surface area (Å²) in [4.78, 5) is 31.0. The molecule has 242 valence electrons. The Morgan fingerprint density at radius 1 is 0.979 bits per heavy atom. The topological polar surface area (TPSA) is 101 Å². The third-order valence-electron chi connectivity index (χ3n) is 7.57. The molecule has 9 nitrogen and oxygen atoms in total. The molecule has 2 N–H and O–H groups in total. The second kappa shape index (κ2) is 12.7. The Bertz CT molecular complexity index is 1920. The van der Waals surface area contributed by atoms with E-state index in [-0.39, 0.29) is 47.8 Å². The van der Waals surface area contributed by atoms with Crippen LogP contribution in [-0.4, -0.2) is 63.4 Å². The van der Waals surface area contributed by atoms with Gasteiger partial charge in [0.25, 0.3) is 5.91 Å². The molecule has 3 aromatic carbocycles. The molecule has 5 aromatic rings. The highest BCUT2D eigenvalue weighted by Crippen LogP contribution is 2.32. The van der Waals surface area contributed by atoms with Gasteiger partial charge >= 0.3 is 6.18 Å². The number of nitrogens with zero attached hydrogens (tertiary/aromatic N) is 4. The number of aromatic nitrogens is 3. The van der Waals surface area contributed by atoms with Gasteiger partial charge in [0.2, 0.25) is 11.9 Å². The summed E-state index contributed by atoms with van der Waals surface area (Å²) in [7, 11) is 0. The third-order valence-corrected chi connectivity index (χ3v) is 7.57. The van der Waals surface area contributed by atoms with Crippen LogP contribution in [0.3, 0.4) is 0 Å². The van der Waals surface area contributed by atoms with Gasteiger partial charge in [-0.25, -0.2) is 13.3 Å². The lowest BCUT2D eigenvalue weighted by molar-refractivity contribution is -0.153. The number of hydrogen-bond acceptors (Lipinski definition) is 6. The van der Waals surface area contributed by atoms with Crippen molar-refractivity contribution in [1.82, 2.24) is 19.5 Å². The summed E-state index contributed by atoms with van der Waals surface area (Å²) in [6.45, 7) is -0.0163. The second-order valence-corrected chi connectivity index (χ2v) is 11.0. The van der Waals surface area contributed by atoms with Crippen LogP contribution in [0.4, 0.5) is 39.3 Å². The van der Waals surface area contributed by atoms with Crippen LogP contribution in [0.2, 0.25) is 0 Å². The number of hydrogen-bond donors (Lipinski definition) is 2. The number of likely N-dealkylation sites (tertiary alicyclic amines) is 1. The molecule has 1 fully saturated rings. The summed E-state index contributed by atoms with van der Waals surface area (Å²) in [5.41, 5.74) is 3.44. The zero-order chi connectivity index (χ0) is 33.3. The van der Waals surface area contributed by atoms with E-state index >= 15 is 0 Å². The van der Waals surface area contributed by atoms with E-state index in [1.165, 1.54) is 39.7 Å². The van der Waals surface area contributed by atoms with Gasteiger partial charge in [0, 0.05) is 23.0 Å². The number of halogens is 5. The lowest BCUT2D eigenvalue weighted by Crippen LogP contribution is -2.51. The molecule has 1 atom stereocenters. The highest BCUT2D eigenvalue weighted by atomic mass is 19.4. The normalized spacial score (nSPS) is 14.0. The minimum Gasteiger partial charge on any atom is -0.482 e. The Balaban J connectivity index is 1.16. The Morgan fingerprint density at radius 2 is 1.68 bits per heavy atom. The van der Waals surface area contributed by atoms with Gasteiger partial charge in [0.05, 0.1) is 24.7 Å². The van der Waals surface area contributed by atoms with Gasteiger partial charge in [-0.2, -0.15) is 18.2 Å². The van der Waals surface area contributed by atoms with E-state index in [4.69, 9.17) is 4.74 Å². The van der Waals surface area contributed by atoms with Crippen molar-refractivity contribution in [3.05, 3.63) is 102 Å². The summed E-state index contributed by atoms with van der Waals surface area (Å²) in [5.74, 6) is -1.81. The number of carbonyl (C=O) groups is 2. The predicted octanol–water partition coefficient (Wildman–Crippen LogP) is 6.76. The van der Waals surface area contributed by atoms with Crippen molar-refractivity contribution >= 4 is 34.8 Å². The van der Waals surface area contributed by atoms with Crippen LogP contribution >= 0.6 is 0 Å². The van der Waals surface area contributed by atoms with E-state index in [0.717, 1.165) is 11.1 Å². The van der Waals surface area contributed by atoms with Gasteiger partial charge in [-0.05, 0) is 72.6 Å². The van der Waals surface area contributed by atoms with E-state index in [9.17, 15) is 31.5 Å². The molecule has 47 heavy (non-hydrogen) atoms. The molecule has 0 unspecified atom stereocenters. The molecule has 0 bridgehead atoms. The first kappa shape index (κ1) is 31.5. The van der Waals surface area contributed by atoms with Gasteiger partial charge < -0.3 is 20.3 Å². The molecule has 1 aliphatic heterocycles. The van der Waals surface area contributed by atoms with Crippen LogP contribution < -0.4 is 15.4 Å². The summed E-state index contributed by atoms with van der Waals surface area (Å²) >= 11 is 0. The van der Waals surface area contributed by atoms with Crippen molar-refractivity contribution < 1.29 is 36.3 Å². The van der Waals surface area contributed by atoms with E-state index in [1.54, 1.807) is 43.5 Å². The number of carbonyl (C=O) groups excluding carboxylic acids is 2. The maximum Gasteiger partial charge on any atom is 0.422 e. The minimum atomic E-state index is -4.62. The summed E-state index contributed by atoms with van der Waals surface area (Å²) < 4.78 is 71.9. The molecule has 1 saturated heterocycles. The summed E-state index contributed by atoms with van der Waals surface area (Å²) in [5, 5.41) is 10.1. The van der Waals surface area contributed by atoms with E-state index < -0.39 is 30.8 Å². The van der Waals surface area contributed by atoms with Gasteiger partial charge in [-0.15, -0.1) is 5.10 Å². The molecule has 0 saturated carbocycles. The van der Waals surface area contributed by atoms with E-state index in [2.05, 4.69) is 20.7 Å². The third kappa shape index (κ3) is 7.32. The molecular formula is C33H27F5N6O3. The average Bonchev–Trinajstić information content (AvgIpc) is 3.44. The number of benzene rings is 3. The van der Waals surface area contributed by atoms with Crippen molar-refractivity contribution in [2.45, 2.75) is 25.2 Å². The molecule has 3 heterocycles. The zero-order valence-corrected chi connectivity index (χ0v) is 24.8. The first-order valence-corrected chi connectivity index (χ1v) is 14.5. The highest BCUT2D eigenvalue weighted by molar-refractivity contribution is 5.96. The fourth-order valence-electron chi connectivity index (χ4n) is 4.94. The lowest BCUT2D eigenvalue weighted by Gasteiger charge is -2.34. The Morgan fingerprint density at radius 3 is 2.36 bits per heavy atom.